The third kappa shape index (κ3) is 3.69. The van der Waals surface area contributed by atoms with Gasteiger partial charge < -0.3 is 24.7 Å². The van der Waals surface area contributed by atoms with Crippen LogP contribution in [0.4, 0.5) is 10.5 Å². The Kier molecular flexibility index (Phi) is 4.97. The van der Waals surface area contributed by atoms with Gasteiger partial charge in [-0.05, 0) is 70.6 Å². The van der Waals surface area contributed by atoms with Crippen LogP contribution in [0, 0.1) is 0 Å². The van der Waals surface area contributed by atoms with Crippen molar-refractivity contribution in [3.8, 4) is 0 Å². The fourth-order valence-corrected chi connectivity index (χ4v) is 3.54. The van der Waals surface area contributed by atoms with Gasteiger partial charge in [0.25, 0.3) is 0 Å². The van der Waals surface area contributed by atoms with Crippen LogP contribution in [0.3, 0.4) is 0 Å². The number of ether oxygens (including phenoxy) is 1. The molecule has 142 valence electrons. The number of primary amides is 1. The highest BCUT2D eigenvalue weighted by molar-refractivity contribution is 6.62. The molecule has 1 unspecified atom stereocenters. The Morgan fingerprint density at radius 1 is 1.27 bits per heavy atom. The van der Waals surface area contributed by atoms with Gasteiger partial charge in [0.1, 0.15) is 6.61 Å². The maximum atomic E-state index is 11.0. The Bertz CT molecular complexity index is 676. The van der Waals surface area contributed by atoms with Crippen LogP contribution in [-0.4, -0.2) is 37.0 Å². The highest BCUT2D eigenvalue weighted by Crippen LogP contribution is 2.37. The standard InChI is InChI=1S/C19H29BN2O4/c1-13-7-6-8-22(13)16-10-14(12-24-17(21)23)9-15(11-16)20-25-18(2,3)19(4,5)26-20/h9-11,13H,6-8,12H2,1-5H3,(H2,21,23). The van der Waals surface area contributed by atoms with Crippen molar-refractivity contribution in [3.63, 3.8) is 0 Å². The molecule has 0 radical (unpaired) electrons. The Balaban J connectivity index is 1.93. The van der Waals surface area contributed by atoms with Crippen LogP contribution in [0.25, 0.3) is 0 Å². The highest BCUT2D eigenvalue weighted by atomic mass is 16.7. The predicted molar refractivity (Wildman–Crippen MR) is 103 cm³/mol. The summed E-state index contributed by atoms with van der Waals surface area (Å²) in [5.74, 6) is 0. The number of carbonyl (C=O) groups excluding carboxylic acids is 1. The van der Waals surface area contributed by atoms with Crippen molar-refractivity contribution in [3.05, 3.63) is 23.8 Å². The monoisotopic (exact) mass is 360 g/mol. The van der Waals surface area contributed by atoms with Gasteiger partial charge in [0.2, 0.25) is 0 Å². The smallest absolute Gasteiger partial charge is 0.445 e. The quantitative estimate of drug-likeness (QED) is 0.836. The van der Waals surface area contributed by atoms with Crippen molar-refractivity contribution in [2.45, 2.75) is 71.3 Å². The Morgan fingerprint density at radius 3 is 2.46 bits per heavy atom. The molecule has 1 amide bonds. The first-order chi connectivity index (χ1) is 12.1. The highest BCUT2D eigenvalue weighted by Gasteiger charge is 2.51. The first kappa shape index (κ1) is 19.0. The van der Waals surface area contributed by atoms with Crippen molar-refractivity contribution in [2.24, 2.45) is 5.73 Å². The summed E-state index contributed by atoms with van der Waals surface area (Å²) < 4.78 is 17.4. The van der Waals surface area contributed by atoms with Crippen LogP contribution in [-0.2, 0) is 20.7 Å². The normalized spacial score (nSPS) is 24.1. The van der Waals surface area contributed by atoms with Gasteiger partial charge in [-0.2, -0.15) is 0 Å². The molecule has 2 aliphatic rings. The zero-order valence-corrected chi connectivity index (χ0v) is 16.4. The molecule has 2 heterocycles. The molecule has 1 atom stereocenters. The minimum Gasteiger partial charge on any atom is -0.445 e. The maximum absolute atomic E-state index is 11.0. The number of nitrogens with zero attached hydrogens (tertiary/aromatic N) is 1. The molecule has 1 aromatic rings. The lowest BCUT2D eigenvalue weighted by molar-refractivity contribution is 0.00578. The number of carbonyl (C=O) groups is 1. The fourth-order valence-electron chi connectivity index (χ4n) is 3.54. The zero-order valence-electron chi connectivity index (χ0n) is 16.4. The van der Waals surface area contributed by atoms with E-state index in [0.29, 0.717) is 6.04 Å². The largest absolute Gasteiger partial charge is 0.494 e. The van der Waals surface area contributed by atoms with Crippen LogP contribution in [0.2, 0.25) is 0 Å². The van der Waals surface area contributed by atoms with Gasteiger partial charge in [-0.25, -0.2) is 4.79 Å². The Morgan fingerprint density at radius 2 is 1.92 bits per heavy atom. The first-order valence-corrected chi connectivity index (χ1v) is 9.27. The summed E-state index contributed by atoms with van der Waals surface area (Å²) in [4.78, 5) is 13.4. The van der Waals surface area contributed by atoms with Gasteiger partial charge in [-0.15, -0.1) is 0 Å². The SMILES string of the molecule is CC1CCCN1c1cc(COC(N)=O)cc(B2OC(C)(C)C(C)(C)O2)c1. The number of hydrogen-bond donors (Lipinski definition) is 1. The Labute approximate surface area is 156 Å². The van der Waals surface area contributed by atoms with Gasteiger partial charge in [-0.3, -0.25) is 0 Å². The van der Waals surface area contributed by atoms with Crippen molar-refractivity contribution in [1.82, 2.24) is 0 Å². The number of anilines is 1. The molecule has 2 fully saturated rings. The fraction of sp³-hybridized carbons (Fsp3) is 0.632. The molecular weight excluding hydrogens is 331 g/mol. The van der Waals surface area contributed by atoms with Crippen LogP contribution < -0.4 is 16.1 Å². The number of rotatable bonds is 4. The van der Waals surface area contributed by atoms with Gasteiger partial charge in [0.15, 0.2) is 0 Å². The van der Waals surface area contributed by atoms with Crippen LogP contribution in [0.5, 0.6) is 0 Å². The summed E-state index contributed by atoms with van der Waals surface area (Å²) in [6, 6.07) is 6.63. The zero-order chi connectivity index (χ0) is 19.1. The lowest BCUT2D eigenvalue weighted by Crippen LogP contribution is -2.41. The minimum atomic E-state index is -0.776. The molecule has 7 heteroatoms. The molecule has 26 heavy (non-hydrogen) atoms. The molecule has 2 aliphatic heterocycles. The van der Waals surface area contributed by atoms with E-state index in [9.17, 15) is 4.79 Å². The van der Waals surface area contributed by atoms with Crippen molar-refractivity contribution >= 4 is 24.4 Å². The van der Waals surface area contributed by atoms with Gasteiger partial charge >= 0.3 is 13.2 Å². The molecule has 0 bridgehead atoms. The average molecular weight is 360 g/mol. The van der Waals surface area contributed by atoms with Crippen LogP contribution >= 0.6 is 0 Å². The molecule has 2 N–H and O–H groups in total. The minimum absolute atomic E-state index is 0.137. The van der Waals surface area contributed by atoms with E-state index in [4.69, 9.17) is 19.8 Å². The molecule has 0 aliphatic carbocycles. The number of amides is 1. The molecular formula is C19H29BN2O4. The summed E-state index contributed by atoms with van der Waals surface area (Å²) >= 11 is 0. The van der Waals surface area contributed by atoms with Gasteiger partial charge in [-0.1, -0.05) is 6.07 Å². The summed E-state index contributed by atoms with van der Waals surface area (Å²) in [6.07, 6.45) is 1.57. The first-order valence-electron chi connectivity index (χ1n) is 9.27. The predicted octanol–water partition coefficient (Wildman–Crippen LogP) is 2.57. The van der Waals surface area contributed by atoms with Crippen LogP contribution in [0.1, 0.15) is 53.0 Å². The van der Waals surface area contributed by atoms with Crippen molar-refractivity contribution < 1.29 is 18.8 Å². The second-order valence-electron chi connectivity index (χ2n) is 8.31. The lowest BCUT2D eigenvalue weighted by Gasteiger charge is -2.32. The molecule has 2 saturated heterocycles. The summed E-state index contributed by atoms with van der Waals surface area (Å²) in [5.41, 5.74) is 7.24. The summed E-state index contributed by atoms with van der Waals surface area (Å²) in [6.45, 7) is 11.5. The van der Waals surface area contributed by atoms with E-state index in [2.05, 4.69) is 24.0 Å². The molecule has 0 spiro atoms. The van der Waals surface area contributed by atoms with E-state index < -0.39 is 24.4 Å². The molecule has 0 saturated carbocycles. The third-order valence-corrected chi connectivity index (χ3v) is 5.79. The van der Waals surface area contributed by atoms with E-state index in [-0.39, 0.29) is 6.61 Å². The second-order valence-corrected chi connectivity index (χ2v) is 8.31. The van der Waals surface area contributed by atoms with E-state index in [1.807, 2.05) is 33.8 Å². The average Bonchev–Trinajstić information content (AvgIpc) is 3.06. The lowest BCUT2D eigenvalue weighted by atomic mass is 9.78. The van der Waals surface area contributed by atoms with Crippen LogP contribution in [0.15, 0.2) is 18.2 Å². The maximum Gasteiger partial charge on any atom is 0.494 e. The van der Waals surface area contributed by atoms with Crippen molar-refractivity contribution in [2.75, 3.05) is 11.4 Å². The summed E-state index contributed by atoms with van der Waals surface area (Å²) in [7, 11) is -0.454. The number of hydrogen-bond acceptors (Lipinski definition) is 5. The van der Waals surface area contributed by atoms with E-state index >= 15 is 0 Å². The third-order valence-electron chi connectivity index (χ3n) is 5.79. The molecule has 3 rings (SSSR count). The van der Waals surface area contributed by atoms with E-state index in [0.717, 1.165) is 23.3 Å². The van der Waals surface area contributed by atoms with Gasteiger partial charge in [0.05, 0.1) is 11.2 Å². The number of benzene rings is 1. The Hall–Kier alpha value is -1.73. The summed E-state index contributed by atoms with van der Waals surface area (Å²) in [5, 5.41) is 0. The molecule has 6 nitrogen and oxygen atoms in total. The van der Waals surface area contributed by atoms with E-state index in [1.165, 1.54) is 12.8 Å². The van der Waals surface area contributed by atoms with Gasteiger partial charge in [0, 0.05) is 18.3 Å². The number of nitrogens with two attached hydrogens (primary N) is 1. The van der Waals surface area contributed by atoms with E-state index in [1.54, 1.807) is 0 Å². The molecule has 0 aromatic heterocycles. The molecule has 1 aromatic carbocycles. The topological polar surface area (TPSA) is 74.0 Å². The second kappa shape index (κ2) is 6.78. The van der Waals surface area contributed by atoms with Crippen molar-refractivity contribution in [1.29, 1.82) is 0 Å².